The molecule has 0 aromatic heterocycles. The summed E-state index contributed by atoms with van der Waals surface area (Å²) < 4.78 is 5.49. The number of benzene rings is 1. The highest BCUT2D eigenvalue weighted by atomic mass is 16.7. The topological polar surface area (TPSA) is 108 Å². The van der Waals surface area contributed by atoms with Crippen molar-refractivity contribution in [3.63, 3.8) is 0 Å². The van der Waals surface area contributed by atoms with E-state index in [4.69, 9.17) is 14.7 Å². The number of carboxylic acids is 1. The van der Waals surface area contributed by atoms with Crippen LogP contribution in [-0.4, -0.2) is 77.5 Å². The monoisotopic (exact) mass is 449 g/mol. The molecular weight excluding hydrogens is 414 g/mol. The Hall–Kier alpha value is -2.65. The highest BCUT2D eigenvalue weighted by Crippen LogP contribution is 2.20. The van der Waals surface area contributed by atoms with Crippen LogP contribution in [0.15, 0.2) is 30.3 Å². The Labute approximate surface area is 189 Å². The average Bonchev–Trinajstić information content (AvgIpc) is 2.67. The van der Waals surface area contributed by atoms with E-state index in [1.165, 1.54) is 0 Å². The number of amides is 1. The van der Waals surface area contributed by atoms with E-state index in [2.05, 4.69) is 5.32 Å². The summed E-state index contributed by atoms with van der Waals surface area (Å²) in [4.78, 5) is 43.4. The van der Waals surface area contributed by atoms with Crippen LogP contribution in [0, 0.1) is 5.41 Å². The zero-order valence-electron chi connectivity index (χ0n) is 19.6. The molecule has 1 amide bonds. The lowest BCUT2D eigenvalue weighted by Gasteiger charge is -2.40. The fourth-order valence-electron chi connectivity index (χ4n) is 3.40. The maximum absolute atomic E-state index is 12.6. The van der Waals surface area contributed by atoms with Gasteiger partial charge >= 0.3 is 18.0 Å². The second-order valence-corrected chi connectivity index (χ2v) is 9.83. The number of hydrogen-bond acceptors (Lipinski definition) is 7. The lowest BCUT2D eigenvalue weighted by atomic mass is 9.89. The summed E-state index contributed by atoms with van der Waals surface area (Å²) in [6.45, 7) is 11.0. The molecule has 1 unspecified atom stereocenters. The van der Waals surface area contributed by atoms with Gasteiger partial charge in [-0.1, -0.05) is 32.0 Å². The van der Waals surface area contributed by atoms with Gasteiger partial charge in [-0.15, -0.1) is 5.06 Å². The van der Waals surface area contributed by atoms with Crippen molar-refractivity contribution in [3.05, 3.63) is 35.9 Å². The van der Waals surface area contributed by atoms with Crippen molar-refractivity contribution in [2.75, 3.05) is 32.7 Å². The lowest BCUT2D eigenvalue weighted by Crippen LogP contribution is -2.59. The zero-order valence-corrected chi connectivity index (χ0v) is 19.6. The quantitative estimate of drug-likeness (QED) is 0.624. The number of carboxylic acid groups (broad SMARTS) is 1. The first-order chi connectivity index (χ1) is 14.9. The molecule has 0 bridgehead atoms. The highest BCUT2D eigenvalue weighted by Gasteiger charge is 2.34. The highest BCUT2D eigenvalue weighted by molar-refractivity contribution is 5.89. The summed E-state index contributed by atoms with van der Waals surface area (Å²) in [5.41, 5.74) is -0.615. The molecule has 178 valence electrons. The second kappa shape index (κ2) is 10.8. The van der Waals surface area contributed by atoms with Crippen molar-refractivity contribution in [1.29, 1.82) is 0 Å². The van der Waals surface area contributed by atoms with Crippen LogP contribution in [0.4, 0.5) is 4.79 Å². The van der Waals surface area contributed by atoms with Crippen LogP contribution in [0.2, 0.25) is 0 Å². The molecule has 9 heteroatoms. The average molecular weight is 450 g/mol. The third-order valence-electron chi connectivity index (χ3n) is 4.90. The Morgan fingerprint density at radius 3 is 2.34 bits per heavy atom. The summed E-state index contributed by atoms with van der Waals surface area (Å²) in [6, 6.07) is 8.40. The van der Waals surface area contributed by atoms with Crippen molar-refractivity contribution in [3.8, 4) is 0 Å². The number of piperazine rings is 1. The number of hydroxylamine groups is 2. The fraction of sp³-hybridized carbons (Fsp3) is 0.609. The minimum Gasteiger partial charge on any atom is -0.481 e. The molecule has 1 aliphatic heterocycles. The maximum Gasteiger partial charge on any atom is 0.410 e. The molecule has 2 N–H and O–H groups in total. The number of rotatable bonds is 8. The van der Waals surface area contributed by atoms with E-state index in [0.29, 0.717) is 38.3 Å². The van der Waals surface area contributed by atoms with Crippen LogP contribution in [0.5, 0.6) is 0 Å². The van der Waals surface area contributed by atoms with E-state index in [0.717, 1.165) is 0 Å². The van der Waals surface area contributed by atoms with Gasteiger partial charge < -0.3 is 24.9 Å². The standard InChI is InChI=1S/C23H35N3O6/c1-22(2,3)31-21(30)25-11-12-26(32-20(29)17-9-7-6-8-10-17)18(15-25)14-24-16-23(4,5)13-19(27)28/h6-10,18,24H,11-16H2,1-5H3,(H,27,28). The van der Waals surface area contributed by atoms with Gasteiger partial charge in [-0.2, -0.15) is 0 Å². The van der Waals surface area contributed by atoms with Crippen molar-refractivity contribution in [2.24, 2.45) is 5.41 Å². The smallest absolute Gasteiger partial charge is 0.410 e. The van der Waals surface area contributed by atoms with Gasteiger partial charge in [-0.3, -0.25) is 4.79 Å². The van der Waals surface area contributed by atoms with E-state index < -0.39 is 29.0 Å². The fourth-order valence-corrected chi connectivity index (χ4v) is 3.40. The first kappa shape index (κ1) is 25.6. The van der Waals surface area contributed by atoms with E-state index in [1.54, 1.807) is 34.2 Å². The molecule has 1 aromatic carbocycles. The van der Waals surface area contributed by atoms with Gasteiger partial charge in [-0.05, 0) is 38.3 Å². The molecule has 1 saturated heterocycles. The van der Waals surface area contributed by atoms with Crippen molar-refractivity contribution in [2.45, 2.75) is 52.7 Å². The number of carbonyl (C=O) groups is 3. The Kier molecular flexibility index (Phi) is 8.63. The van der Waals surface area contributed by atoms with Gasteiger partial charge in [0.05, 0.1) is 24.6 Å². The Morgan fingerprint density at radius 1 is 1.09 bits per heavy atom. The van der Waals surface area contributed by atoms with Gasteiger partial charge in [-0.25, -0.2) is 9.59 Å². The number of ether oxygens (including phenoxy) is 1. The van der Waals surface area contributed by atoms with E-state index >= 15 is 0 Å². The largest absolute Gasteiger partial charge is 0.481 e. The molecule has 32 heavy (non-hydrogen) atoms. The van der Waals surface area contributed by atoms with Gasteiger partial charge in [0, 0.05) is 26.2 Å². The van der Waals surface area contributed by atoms with Crippen molar-refractivity contribution < 1.29 is 29.1 Å². The maximum atomic E-state index is 12.6. The Morgan fingerprint density at radius 2 is 1.75 bits per heavy atom. The number of aliphatic carboxylic acids is 1. The SMILES string of the molecule is CC(C)(CNCC1CN(C(=O)OC(C)(C)C)CCN1OC(=O)c1ccccc1)CC(=O)O. The zero-order chi connectivity index (χ0) is 23.9. The predicted molar refractivity (Wildman–Crippen MR) is 119 cm³/mol. The van der Waals surface area contributed by atoms with Crippen LogP contribution >= 0.6 is 0 Å². The lowest BCUT2D eigenvalue weighted by molar-refractivity contribution is -0.159. The van der Waals surface area contributed by atoms with Gasteiger partial charge in [0.25, 0.3) is 0 Å². The molecule has 0 radical (unpaired) electrons. The third kappa shape index (κ3) is 8.47. The van der Waals surface area contributed by atoms with Crippen LogP contribution in [0.25, 0.3) is 0 Å². The first-order valence-corrected chi connectivity index (χ1v) is 10.8. The normalized spacial score (nSPS) is 17.7. The molecule has 9 nitrogen and oxygen atoms in total. The van der Waals surface area contributed by atoms with E-state index in [-0.39, 0.29) is 12.5 Å². The van der Waals surface area contributed by atoms with Crippen LogP contribution in [0.1, 0.15) is 51.4 Å². The van der Waals surface area contributed by atoms with Crippen LogP contribution < -0.4 is 5.32 Å². The minimum absolute atomic E-state index is 0.0292. The number of hydrogen-bond donors (Lipinski definition) is 2. The number of carbonyl (C=O) groups excluding carboxylic acids is 2. The van der Waals surface area contributed by atoms with Gasteiger partial charge in [0.15, 0.2) is 0 Å². The number of nitrogens with one attached hydrogen (secondary N) is 1. The third-order valence-corrected chi connectivity index (χ3v) is 4.90. The summed E-state index contributed by atoms with van der Waals surface area (Å²) in [6.07, 6.45) is -0.385. The molecule has 0 aliphatic carbocycles. The van der Waals surface area contributed by atoms with E-state index in [1.807, 2.05) is 40.7 Å². The molecular formula is C23H35N3O6. The Bertz CT molecular complexity index is 791. The molecule has 1 atom stereocenters. The van der Waals surface area contributed by atoms with Crippen LogP contribution in [0.3, 0.4) is 0 Å². The molecule has 1 aliphatic rings. The summed E-state index contributed by atoms with van der Waals surface area (Å²) >= 11 is 0. The Balaban J connectivity index is 2.05. The molecule has 2 rings (SSSR count). The van der Waals surface area contributed by atoms with Gasteiger partial charge in [0.1, 0.15) is 5.60 Å². The molecule has 1 fully saturated rings. The van der Waals surface area contributed by atoms with Crippen LogP contribution in [-0.2, 0) is 14.4 Å². The molecule has 1 heterocycles. The molecule has 1 aromatic rings. The molecule has 0 saturated carbocycles. The van der Waals surface area contributed by atoms with E-state index in [9.17, 15) is 14.4 Å². The molecule has 0 spiro atoms. The minimum atomic E-state index is -0.857. The van der Waals surface area contributed by atoms with Gasteiger partial charge in [0.2, 0.25) is 0 Å². The summed E-state index contributed by atoms with van der Waals surface area (Å²) in [5, 5.41) is 14.0. The summed E-state index contributed by atoms with van der Waals surface area (Å²) in [7, 11) is 0. The van der Waals surface area contributed by atoms with Crippen molar-refractivity contribution >= 4 is 18.0 Å². The predicted octanol–water partition coefficient (Wildman–Crippen LogP) is 2.77. The number of nitrogens with zero attached hydrogens (tertiary/aromatic N) is 2. The summed E-state index contributed by atoms with van der Waals surface area (Å²) in [5.74, 6) is -1.32. The second-order valence-electron chi connectivity index (χ2n) is 9.83. The first-order valence-electron chi connectivity index (χ1n) is 10.8. The van der Waals surface area contributed by atoms with Crippen molar-refractivity contribution in [1.82, 2.24) is 15.3 Å².